The third-order valence-electron chi connectivity index (χ3n) is 5.20. The quantitative estimate of drug-likeness (QED) is 0.472. The molecule has 0 atom stereocenters. The van der Waals surface area contributed by atoms with Crippen LogP contribution < -0.4 is 0 Å². The van der Waals surface area contributed by atoms with Gasteiger partial charge in [0.2, 0.25) is 0 Å². The molecule has 3 heteroatoms. The van der Waals surface area contributed by atoms with Gasteiger partial charge in [0.05, 0.1) is 0 Å². The molecule has 0 N–H and O–H groups in total. The minimum Gasteiger partial charge on any atom is -0.171 e. The van der Waals surface area contributed by atoms with Crippen molar-refractivity contribution in [2.75, 3.05) is 0 Å². The summed E-state index contributed by atoms with van der Waals surface area (Å²) in [5.41, 5.74) is 2.78. The number of alkyl halides is 3. The van der Waals surface area contributed by atoms with Gasteiger partial charge >= 0.3 is 6.18 Å². The molecule has 1 fully saturated rings. The number of benzene rings is 1. The van der Waals surface area contributed by atoms with E-state index in [2.05, 4.69) is 31.2 Å². The second kappa shape index (κ2) is 8.75. The highest BCUT2D eigenvalue weighted by molar-refractivity contribution is 5.25. The largest absolute Gasteiger partial charge is 0.389 e. The lowest BCUT2D eigenvalue weighted by atomic mass is 9.77. The number of unbranched alkanes of at least 4 members (excludes halogenated alkanes) is 2. The molecule has 0 amide bonds. The summed E-state index contributed by atoms with van der Waals surface area (Å²) in [6.45, 7) is 2.22. The zero-order valence-corrected chi connectivity index (χ0v) is 14.2. The average molecular weight is 326 g/mol. The van der Waals surface area contributed by atoms with Crippen LogP contribution in [-0.2, 0) is 6.42 Å². The molecule has 2 rings (SSSR count). The Balaban J connectivity index is 1.76. The Morgan fingerprint density at radius 2 is 1.61 bits per heavy atom. The number of hydrogen-bond acceptors (Lipinski definition) is 0. The van der Waals surface area contributed by atoms with Crippen molar-refractivity contribution in [3.63, 3.8) is 0 Å². The Bertz CT molecular complexity index is 439. The van der Waals surface area contributed by atoms with Crippen LogP contribution in [0.15, 0.2) is 24.3 Å². The van der Waals surface area contributed by atoms with E-state index in [-0.39, 0.29) is 5.92 Å². The maximum absolute atomic E-state index is 12.3. The van der Waals surface area contributed by atoms with Crippen molar-refractivity contribution in [1.82, 2.24) is 0 Å². The number of halogens is 3. The Morgan fingerprint density at radius 3 is 2.17 bits per heavy atom. The van der Waals surface area contributed by atoms with Gasteiger partial charge in [-0.15, -0.1) is 0 Å². The lowest BCUT2D eigenvalue weighted by Gasteiger charge is -2.29. The fourth-order valence-corrected chi connectivity index (χ4v) is 3.69. The lowest BCUT2D eigenvalue weighted by molar-refractivity contribution is -0.138. The normalized spacial score (nSPS) is 22.3. The highest BCUT2D eigenvalue weighted by Crippen LogP contribution is 2.39. The first-order chi connectivity index (χ1) is 11.0. The van der Waals surface area contributed by atoms with Gasteiger partial charge in [0.15, 0.2) is 0 Å². The minimum atomic E-state index is -4.00. The van der Waals surface area contributed by atoms with Crippen LogP contribution in [0.1, 0.15) is 81.8 Å². The Hall–Kier alpha value is -0.990. The molecule has 23 heavy (non-hydrogen) atoms. The standard InChI is InChI=1S/C20H29F3/c1-2-3-4-5-16-6-10-18(11-7-16)19-12-8-17(9-13-19)14-15-20(21,22)23/h6-7,10-11,17,19H,2-5,8-9,12-15H2,1H3. The Kier molecular flexibility index (Phi) is 6.98. The Morgan fingerprint density at radius 1 is 0.957 bits per heavy atom. The molecule has 1 aromatic rings. The highest BCUT2D eigenvalue weighted by Gasteiger charge is 2.30. The van der Waals surface area contributed by atoms with Crippen molar-refractivity contribution in [2.45, 2.75) is 83.2 Å². The third-order valence-corrected chi connectivity index (χ3v) is 5.20. The van der Waals surface area contributed by atoms with E-state index in [0.717, 1.165) is 32.1 Å². The summed E-state index contributed by atoms with van der Waals surface area (Å²) in [7, 11) is 0. The summed E-state index contributed by atoms with van der Waals surface area (Å²) in [6, 6.07) is 8.95. The monoisotopic (exact) mass is 326 g/mol. The van der Waals surface area contributed by atoms with Gasteiger partial charge < -0.3 is 0 Å². The van der Waals surface area contributed by atoms with Crippen molar-refractivity contribution in [2.24, 2.45) is 5.92 Å². The molecule has 0 aliphatic heterocycles. The van der Waals surface area contributed by atoms with Gasteiger partial charge in [0.25, 0.3) is 0 Å². The number of rotatable bonds is 7. The maximum atomic E-state index is 12.3. The van der Waals surface area contributed by atoms with E-state index in [9.17, 15) is 13.2 Å². The van der Waals surface area contributed by atoms with Crippen LogP contribution in [0.3, 0.4) is 0 Å². The van der Waals surface area contributed by atoms with E-state index < -0.39 is 12.6 Å². The van der Waals surface area contributed by atoms with Crippen LogP contribution in [0, 0.1) is 5.92 Å². The minimum absolute atomic E-state index is 0.265. The molecule has 1 saturated carbocycles. The van der Waals surface area contributed by atoms with Gasteiger partial charge in [-0.25, -0.2) is 0 Å². The Labute approximate surface area is 138 Å². The SMILES string of the molecule is CCCCCc1ccc(C2CCC(CCC(F)(F)F)CC2)cc1. The van der Waals surface area contributed by atoms with Crippen molar-refractivity contribution >= 4 is 0 Å². The van der Waals surface area contributed by atoms with Gasteiger partial charge in [-0.3, -0.25) is 0 Å². The van der Waals surface area contributed by atoms with E-state index in [1.807, 2.05) is 0 Å². The summed E-state index contributed by atoms with van der Waals surface area (Å²) in [6.07, 6.45) is 4.59. The van der Waals surface area contributed by atoms with Crippen LogP contribution in [0.25, 0.3) is 0 Å². The van der Waals surface area contributed by atoms with Crippen molar-refractivity contribution in [3.8, 4) is 0 Å². The molecule has 0 aromatic heterocycles. The summed E-state index contributed by atoms with van der Waals surface area (Å²) in [5, 5.41) is 0. The molecule has 0 bridgehead atoms. The van der Waals surface area contributed by atoms with E-state index in [0.29, 0.717) is 12.3 Å². The second-order valence-corrected chi connectivity index (χ2v) is 7.07. The molecule has 1 aliphatic rings. The molecule has 130 valence electrons. The summed E-state index contributed by atoms with van der Waals surface area (Å²) < 4.78 is 36.9. The molecule has 0 nitrogen and oxygen atoms in total. The number of aryl methyl sites for hydroxylation is 1. The van der Waals surface area contributed by atoms with Gasteiger partial charge in [0, 0.05) is 6.42 Å². The van der Waals surface area contributed by atoms with Crippen LogP contribution in [0.5, 0.6) is 0 Å². The van der Waals surface area contributed by atoms with Crippen LogP contribution in [0.2, 0.25) is 0 Å². The van der Waals surface area contributed by atoms with E-state index in [1.165, 1.54) is 30.4 Å². The highest BCUT2D eigenvalue weighted by atomic mass is 19.4. The van der Waals surface area contributed by atoms with Crippen molar-refractivity contribution in [3.05, 3.63) is 35.4 Å². The molecule has 0 saturated heterocycles. The van der Waals surface area contributed by atoms with Gasteiger partial charge in [0.1, 0.15) is 0 Å². The van der Waals surface area contributed by atoms with Crippen LogP contribution in [0.4, 0.5) is 13.2 Å². The predicted molar refractivity (Wildman–Crippen MR) is 89.7 cm³/mol. The molecule has 0 heterocycles. The summed E-state index contributed by atoms with van der Waals surface area (Å²) >= 11 is 0. The fourth-order valence-electron chi connectivity index (χ4n) is 3.69. The smallest absolute Gasteiger partial charge is 0.171 e. The lowest BCUT2D eigenvalue weighted by Crippen LogP contribution is -2.16. The molecule has 1 aromatic carbocycles. The topological polar surface area (TPSA) is 0 Å². The first kappa shape index (κ1) is 18.4. The summed E-state index contributed by atoms with van der Waals surface area (Å²) in [5.74, 6) is 0.808. The molecule has 1 aliphatic carbocycles. The van der Waals surface area contributed by atoms with Gasteiger partial charge in [-0.05, 0) is 67.9 Å². The molecular weight excluding hydrogens is 297 g/mol. The average Bonchev–Trinajstić information content (AvgIpc) is 2.54. The van der Waals surface area contributed by atoms with Gasteiger partial charge in [-0.2, -0.15) is 13.2 Å². The third kappa shape index (κ3) is 6.56. The molecule has 0 unspecified atom stereocenters. The van der Waals surface area contributed by atoms with E-state index >= 15 is 0 Å². The van der Waals surface area contributed by atoms with Crippen LogP contribution in [-0.4, -0.2) is 6.18 Å². The predicted octanol–water partition coefficient (Wildman–Crippen LogP) is 7.04. The fraction of sp³-hybridized carbons (Fsp3) is 0.700. The van der Waals surface area contributed by atoms with E-state index in [1.54, 1.807) is 0 Å². The van der Waals surface area contributed by atoms with Crippen LogP contribution >= 0.6 is 0 Å². The molecular formula is C20H29F3. The summed E-state index contributed by atoms with van der Waals surface area (Å²) in [4.78, 5) is 0. The first-order valence-electron chi connectivity index (χ1n) is 9.13. The second-order valence-electron chi connectivity index (χ2n) is 7.07. The maximum Gasteiger partial charge on any atom is 0.389 e. The molecule has 0 spiro atoms. The van der Waals surface area contributed by atoms with Crippen molar-refractivity contribution in [1.29, 1.82) is 0 Å². The zero-order valence-electron chi connectivity index (χ0n) is 14.2. The zero-order chi connectivity index (χ0) is 16.7. The molecule has 0 radical (unpaired) electrons. The first-order valence-corrected chi connectivity index (χ1v) is 9.13. The number of hydrogen-bond donors (Lipinski definition) is 0. The van der Waals surface area contributed by atoms with Crippen molar-refractivity contribution < 1.29 is 13.2 Å². The van der Waals surface area contributed by atoms with Gasteiger partial charge in [-0.1, -0.05) is 44.0 Å². The van der Waals surface area contributed by atoms with E-state index in [4.69, 9.17) is 0 Å².